The normalized spacial score (nSPS) is 12.0. The molecule has 0 saturated heterocycles. The molecule has 0 heterocycles. The summed E-state index contributed by atoms with van der Waals surface area (Å²) in [5.74, 6) is -0.137. The number of anilines is 1. The van der Waals surface area contributed by atoms with E-state index in [4.69, 9.17) is 5.73 Å². The standard InChI is InChI=1S/C17H19BrN2O/c1-10-7-8-13(11(2)9-10)12(3)20-17(21)14-5-4-6-15(19)16(14)18/h4-9,12H,19H2,1-3H3,(H,20,21). The van der Waals surface area contributed by atoms with Gasteiger partial charge in [-0.05, 0) is 60.0 Å². The van der Waals surface area contributed by atoms with Crippen molar-refractivity contribution in [2.75, 3.05) is 5.73 Å². The van der Waals surface area contributed by atoms with Crippen LogP contribution in [0.25, 0.3) is 0 Å². The number of carbonyl (C=O) groups is 1. The Bertz CT molecular complexity index is 682. The first-order valence-electron chi connectivity index (χ1n) is 6.82. The number of benzene rings is 2. The van der Waals surface area contributed by atoms with E-state index in [1.807, 2.05) is 6.92 Å². The van der Waals surface area contributed by atoms with Gasteiger partial charge < -0.3 is 11.1 Å². The maximum atomic E-state index is 12.4. The van der Waals surface area contributed by atoms with E-state index in [1.165, 1.54) is 11.1 Å². The molecule has 3 N–H and O–H groups in total. The monoisotopic (exact) mass is 346 g/mol. The van der Waals surface area contributed by atoms with Gasteiger partial charge in [0.2, 0.25) is 0 Å². The third kappa shape index (κ3) is 3.45. The maximum Gasteiger partial charge on any atom is 0.252 e. The lowest BCUT2D eigenvalue weighted by Gasteiger charge is -2.18. The Morgan fingerprint density at radius 1 is 1.24 bits per heavy atom. The van der Waals surface area contributed by atoms with Gasteiger partial charge in [0.15, 0.2) is 0 Å². The topological polar surface area (TPSA) is 55.1 Å². The number of nitrogens with one attached hydrogen (secondary N) is 1. The third-order valence-corrected chi connectivity index (χ3v) is 4.40. The van der Waals surface area contributed by atoms with Crippen LogP contribution in [0.15, 0.2) is 40.9 Å². The van der Waals surface area contributed by atoms with Crippen molar-refractivity contribution in [1.82, 2.24) is 5.32 Å². The van der Waals surface area contributed by atoms with Crippen LogP contribution in [0.2, 0.25) is 0 Å². The second-order valence-corrected chi connectivity index (χ2v) is 6.06. The Labute approximate surface area is 133 Å². The zero-order valence-electron chi connectivity index (χ0n) is 12.4. The number of carbonyl (C=O) groups excluding carboxylic acids is 1. The summed E-state index contributed by atoms with van der Waals surface area (Å²) in [6, 6.07) is 11.5. The second-order valence-electron chi connectivity index (χ2n) is 5.26. The fourth-order valence-corrected chi connectivity index (χ4v) is 2.83. The van der Waals surface area contributed by atoms with Crippen molar-refractivity contribution in [2.45, 2.75) is 26.8 Å². The van der Waals surface area contributed by atoms with Gasteiger partial charge in [-0.3, -0.25) is 4.79 Å². The highest BCUT2D eigenvalue weighted by Crippen LogP contribution is 2.25. The van der Waals surface area contributed by atoms with E-state index in [-0.39, 0.29) is 11.9 Å². The average Bonchev–Trinajstić information content (AvgIpc) is 2.41. The molecular weight excluding hydrogens is 328 g/mol. The first-order valence-corrected chi connectivity index (χ1v) is 7.61. The molecule has 21 heavy (non-hydrogen) atoms. The van der Waals surface area contributed by atoms with E-state index in [0.717, 1.165) is 5.56 Å². The van der Waals surface area contributed by atoms with E-state index in [9.17, 15) is 4.79 Å². The lowest BCUT2D eigenvalue weighted by Crippen LogP contribution is -2.27. The number of rotatable bonds is 3. The Hall–Kier alpha value is -1.81. The van der Waals surface area contributed by atoms with Crippen LogP contribution in [-0.2, 0) is 0 Å². The largest absolute Gasteiger partial charge is 0.398 e. The molecule has 4 heteroatoms. The maximum absolute atomic E-state index is 12.4. The van der Waals surface area contributed by atoms with Gasteiger partial charge in [0, 0.05) is 5.69 Å². The van der Waals surface area contributed by atoms with E-state index in [0.29, 0.717) is 15.7 Å². The number of hydrogen-bond donors (Lipinski definition) is 2. The van der Waals surface area contributed by atoms with Crippen LogP contribution in [0.3, 0.4) is 0 Å². The molecule has 0 radical (unpaired) electrons. The van der Waals surface area contributed by atoms with Crippen molar-refractivity contribution < 1.29 is 4.79 Å². The first-order chi connectivity index (χ1) is 9.90. The molecule has 2 aromatic rings. The van der Waals surface area contributed by atoms with Crippen LogP contribution in [0.1, 0.15) is 40.0 Å². The highest BCUT2D eigenvalue weighted by Gasteiger charge is 2.16. The molecule has 0 aliphatic carbocycles. The van der Waals surface area contributed by atoms with Crippen LogP contribution < -0.4 is 11.1 Å². The predicted molar refractivity (Wildman–Crippen MR) is 90.4 cm³/mol. The molecule has 0 fully saturated rings. The highest BCUT2D eigenvalue weighted by molar-refractivity contribution is 9.10. The number of nitrogen functional groups attached to an aromatic ring is 1. The SMILES string of the molecule is Cc1ccc(C(C)NC(=O)c2cccc(N)c2Br)c(C)c1. The van der Waals surface area contributed by atoms with Crippen molar-refractivity contribution >= 4 is 27.5 Å². The molecule has 0 aliphatic heterocycles. The summed E-state index contributed by atoms with van der Waals surface area (Å²) in [5.41, 5.74) is 10.4. The summed E-state index contributed by atoms with van der Waals surface area (Å²) in [5, 5.41) is 3.02. The molecule has 110 valence electrons. The van der Waals surface area contributed by atoms with Crippen molar-refractivity contribution in [3.63, 3.8) is 0 Å². The van der Waals surface area contributed by atoms with Crippen LogP contribution in [0.4, 0.5) is 5.69 Å². The molecule has 2 rings (SSSR count). The van der Waals surface area contributed by atoms with Gasteiger partial charge >= 0.3 is 0 Å². The Balaban J connectivity index is 2.21. The van der Waals surface area contributed by atoms with E-state index in [1.54, 1.807) is 18.2 Å². The Morgan fingerprint density at radius 2 is 1.95 bits per heavy atom. The van der Waals surface area contributed by atoms with Crippen molar-refractivity contribution in [3.8, 4) is 0 Å². The van der Waals surface area contributed by atoms with Gasteiger partial charge in [0.05, 0.1) is 16.1 Å². The molecule has 0 bridgehead atoms. The molecule has 3 nitrogen and oxygen atoms in total. The molecular formula is C17H19BrN2O. The molecule has 0 aromatic heterocycles. The number of hydrogen-bond acceptors (Lipinski definition) is 2. The van der Waals surface area contributed by atoms with Crippen LogP contribution in [0.5, 0.6) is 0 Å². The van der Waals surface area contributed by atoms with Crippen molar-refractivity contribution in [1.29, 1.82) is 0 Å². The zero-order valence-corrected chi connectivity index (χ0v) is 14.0. The van der Waals surface area contributed by atoms with Crippen molar-refractivity contribution in [2.24, 2.45) is 0 Å². The second kappa shape index (κ2) is 6.31. The molecule has 1 atom stereocenters. The lowest BCUT2D eigenvalue weighted by atomic mass is 10.00. The number of nitrogens with two attached hydrogens (primary N) is 1. The predicted octanol–water partition coefficient (Wildman–Crippen LogP) is 4.14. The molecule has 0 aliphatic rings. The van der Waals surface area contributed by atoms with E-state index >= 15 is 0 Å². The van der Waals surface area contributed by atoms with Crippen LogP contribution >= 0.6 is 15.9 Å². The summed E-state index contributed by atoms with van der Waals surface area (Å²) in [7, 11) is 0. The van der Waals surface area contributed by atoms with Gasteiger partial charge in [-0.2, -0.15) is 0 Å². The average molecular weight is 347 g/mol. The first kappa shape index (κ1) is 15.6. The van der Waals surface area contributed by atoms with Gasteiger partial charge in [0.25, 0.3) is 5.91 Å². The van der Waals surface area contributed by atoms with E-state index < -0.39 is 0 Å². The molecule has 0 saturated carbocycles. The minimum absolute atomic E-state index is 0.0635. The summed E-state index contributed by atoms with van der Waals surface area (Å²) in [6.07, 6.45) is 0. The van der Waals surface area contributed by atoms with Gasteiger partial charge in [-0.1, -0.05) is 29.8 Å². The molecule has 1 unspecified atom stereocenters. The van der Waals surface area contributed by atoms with E-state index in [2.05, 4.69) is 53.3 Å². The number of aryl methyl sites for hydroxylation is 2. The number of halogens is 1. The minimum Gasteiger partial charge on any atom is -0.398 e. The number of amides is 1. The summed E-state index contributed by atoms with van der Waals surface area (Å²) in [6.45, 7) is 6.10. The lowest BCUT2D eigenvalue weighted by molar-refractivity contribution is 0.0939. The summed E-state index contributed by atoms with van der Waals surface area (Å²) >= 11 is 3.37. The van der Waals surface area contributed by atoms with Gasteiger partial charge in [0.1, 0.15) is 0 Å². The van der Waals surface area contributed by atoms with Crippen LogP contribution in [0, 0.1) is 13.8 Å². The Kier molecular flexibility index (Phi) is 4.68. The molecule has 2 aromatic carbocycles. The summed E-state index contributed by atoms with van der Waals surface area (Å²) in [4.78, 5) is 12.4. The smallest absolute Gasteiger partial charge is 0.252 e. The quantitative estimate of drug-likeness (QED) is 0.820. The van der Waals surface area contributed by atoms with Gasteiger partial charge in [-0.25, -0.2) is 0 Å². The fourth-order valence-electron chi connectivity index (χ4n) is 2.39. The molecule has 0 spiro atoms. The van der Waals surface area contributed by atoms with Crippen LogP contribution in [-0.4, -0.2) is 5.91 Å². The van der Waals surface area contributed by atoms with Crippen molar-refractivity contribution in [3.05, 3.63) is 63.1 Å². The highest BCUT2D eigenvalue weighted by atomic mass is 79.9. The Morgan fingerprint density at radius 3 is 2.62 bits per heavy atom. The summed E-state index contributed by atoms with van der Waals surface area (Å²) < 4.78 is 0.635. The zero-order chi connectivity index (χ0) is 15.6. The third-order valence-electron chi connectivity index (χ3n) is 3.51. The minimum atomic E-state index is -0.137. The molecule has 1 amide bonds. The fraction of sp³-hybridized carbons (Fsp3) is 0.235. The van der Waals surface area contributed by atoms with Gasteiger partial charge in [-0.15, -0.1) is 0 Å².